The number of carbonyl (C=O) groups excluding carboxylic acids is 2. The average molecular weight is 386 g/mol. The van der Waals surface area contributed by atoms with Crippen molar-refractivity contribution in [2.45, 2.75) is 51.7 Å². The highest BCUT2D eigenvalue weighted by atomic mass is 16.6. The van der Waals surface area contributed by atoms with Crippen molar-refractivity contribution in [3.05, 3.63) is 0 Å². The highest BCUT2D eigenvalue weighted by molar-refractivity contribution is 5.84. The van der Waals surface area contributed by atoms with Crippen molar-refractivity contribution < 1.29 is 19.1 Å². The molecule has 9 nitrogen and oxygen atoms in total. The van der Waals surface area contributed by atoms with E-state index < -0.39 is 11.7 Å². The van der Waals surface area contributed by atoms with Gasteiger partial charge < -0.3 is 30.3 Å². The van der Waals surface area contributed by atoms with Crippen molar-refractivity contribution in [3.8, 4) is 0 Å². The molecule has 1 aliphatic heterocycles. The van der Waals surface area contributed by atoms with E-state index in [0.29, 0.717) is 32.0 Å². The maximum Gasteiger partial charge on any atom is 0.407 e. The fourth-order valence-corrected chi connectivity index (χ4v) is 2.28. The molecule has 27 heavy (non-hydrogen) atoms. The summed E-state index contributed by atoms with van der Waals surface area (Å²) in [6.45, 7) is 8.08. The molecule has 0 aromatic rings. The predicted octanol–water partition coefficient (Wildman–Crippen LogP) is 0.704. The van der Waals surface area contributed by atoms with Crippen molar-refractivity contribution in [1.29, 1.82) is 0 Å². The van der Waals surface area contributed by atoms with E-state index in [1.54, 1.807) is 14.1 Å². The Bertz CT molecular complexity index is 496. The number of ether oxygens (including phenoxy) is 2. The molecule has 0 saturated carbocycles. The summed E-state index contributed by atoms with van der Waals surface area (Å²) in [5, 5.41) is 9.11. The van der Waals surface area contributed by atoms with Gasteiger partial charge in [0.15, 0.2) is 5.96 Å². The summed E-state index contributed by atoms with van der Waals surface area (Å²) >= 11 is 0. The molecule has 1 aliphatic rings. The number of nitrogens with one attached hydrogen (secondary N) is 3. The number of rotatable bonds is 8. The van der Waals surface area contributed by atoms with E-state index in [1.165, 1.54) is 4.90 Å². The molecule has 0 radical (unpaired) electrons. The van der Waals surface area contributed by atoms with Crippen molar-refractivity contribution in [2.24, 2.45) is 4.99 Å². The molecule has 1 atom stereocenters. The van der Waals surface area contributed by atoms with Gasteiger partial charge in [0, 0.05) is 40.3 Å². The lowest BCUT2D eigenvalue weighted by Gasteiger charge is -2.20. The molecule has 0 aromatic heterocycles. The highest BCUT2D eigenvalue weighted by Crippen LogP contribution is 2.10. The molecular weight excluding hydrogens is 350 g/mol. The van der Waals surface area contributed by atoms with Crippen LogP contribution in [-0.2, 0) is 14.3 Å². The third-order valence-corrected chi connectivity index (χ3v) is 3.71. The van der Waals surface area contributed by atoms with E-state index in [4.69, 9.17) is 9.47 Å². The molecule has 1 unspecified atom stereocenters. The Morgan fingerprint density at radius 2 is 1.89 bits per heavy atom. The zero-order valence-corrected chi connectivity index (χ0v) is 17.3. The van der Waals surface area contributed by atoms with Gasteiger partial charge >= 0.3 is 6.09 Å². The predicted molar refractivity (Wildman–Crippen MR) is 105 cm³/mol. The van der Waals surface area contributed by atoms with Gasteiger partial charge in [0.2, 0.25) is 5.91 Å². The minimum atomic E-state index is -0.507. The number of hydrogen-bond donors (Lipinski definition) is 3. The number of guanidine groups is 1. The van der Waals surface area contributed by atoms with E-state index in [9.17, 15) is 9.59 Å². The monoisotopic (exact) mass is 385 g/mol. The molecule has 0 spiro atoms. The molecule has 2 amide bonds. The van der Waals surface area contributed by atoms with Crippen LogP contribution in [0.25, 0.3) is 0 Å². The molecule has 1 fully saturated rings. The second-order valence-electron chi connectivity index (χ2n) is 7.68. The molecule has 1 rings (SSSR count). The third-order valence-electron chi connectivity index (χ3n) is 3.71. The second kappa shape index (κ2) is 11.6. The Kier molecular flexibility index (Phi) is 9.92. The summed E-state index contributed by atoms with van der Waals surface area (Å²) in [6, 6.07) is 0. The Morgan fingerprint density at radius 3 is 2.48 bits per heavy atom. The zero-order chi connectivity index (χ0) is 20.3. The number of amides is 2. The van der Waals surface area contributed by atoms with Crippen LogP contribution in [0.5, 0.6) is 0 Å². The standard InChI is InChI=1S/C18H35N5O4/c1-18(2,3)27-17(25)20-10-7-9-19-16(22-13-15(24)23(4)5)21-12-14-8-6-11-26-14/h14H,6-13H2,1-5H3,(H,20,25)(H2,19,21,22). The molecule has 0 aliphatic carbocycles. The smallest absolute Gasteiger partial charge is 0.407 e. The van der Waals surface area contributed by atoms with E-state index in [1.807, 2.05) is 20.8 Å². The lowest BCUT2D eigenvalue weighted by molar-refractivity contribution is -0.127. The van der Waals surface area contributed by atoms with Crippen molar-refractivity contribution in [1.82, 2.24) is 20.9 Å². The van der Waals surface area contributed by atoms with Crippen LogP contribution in [-0.4, -0.2) is 81.4 Å². The van der Waals surface area contributed by atoms with Gasteiger partial charge in [-0.3, -0.25) is 4.79 Å². The van der Waals surface area contributed by atoms with Gasteiger partial charge in [-0.2, -0.15) is 0 Å². The molecule has 0 aromatic carbocycles. The van der Waals surface area contributed by atoms with Gasteiger partial charge in [-0.25, -0.2) is 9.79 Å². The molecule has 1 saturated heterocycles. The van der Waals surface area contributed by atoms with Crippen LogP contribution in [0.1, 0.15) is 40.0 Å². The summed E-state index contributed by atoms with van der Waals surface area (Å²) in [5.74, 6) is 0.498. The summed E-state index contributed by atoms with van der Waals surface area (Å²) in [6.07, 6.45) is 2.54. The van der Waals surface area contributed by atoms with Crippen molar-refractivity contribution in [2.75, 3.05) is 46.9 Å². The first-order valence-corrected chi connectivity index (χ1v) is 9.48. The Hall–Kier alpha value is -2.03. The van der Waals surface area contributed by atoms with Gasteiger partial charge in [0.05, 0.1) is 6.10 Å². The van der Waals surface area contributed by atoms with Crippen molar-refractivity contribution >= 4 is 18.0 Å². The summed E-state index contributed by atoms with van der Waals surface area (Å²) in [4.78, 5) is 29.2. The van der Waals surface area contributed by atoms with Gasteiger partial charge in [0.1, 0.15) is 12.1 Å². The summed E-state index contributed by atoms with van der Waals surface area (Å²) < 4.78 is 10.8. The second-order valence-corrected chi connectivity index (χ2v) is 7.68. The first-order valence-electron chi connectivity index (χ1n) is 9.48. The van der Waals surface area contributed by atoms with Gasteiger partial charge in [-0.05, 0) is 40.0 Å². The first kappa shape index (κ1) is 23.0. The number of alkyl carbamates (subject to hydrolysis) is 1. The molecule has 156 valence electrons. The van der Waals surface area contributed by atoms with Crippen LogP contribution in [0.15, 0.2) is 4.99 Å². The van der Waals surface area contributed by atoms with Gasteiger partial charge in [-0.15, -0.1) is 0 Å². The summed E-state index contributed by atoms with van der Waals surface area (Å²) in [5.41, 5.74) is -0.507. The minimum Gasteiger partial charge on any atom is -0.444 e. The summed E-state index contributed by atoms with van der Waals surface area (Å²) in [7, 11) is 3.40. The lowest BCUT2D eigenvalue weighted by Crippen LogP contribution is -2.43. The van der Waals surface area contributed by atoms with Crippen LogP contribution in [0.4, 0.5) is 4.79 Å². The molecule has 1 heterocycles. The first-order chi connectivity index (χ1) is 12.7. The van der Waals surface area contributed by atoms with Crippen molar-refractivity contribution in [3.63, 3.8) is 0 Å². The van der Waals surface area contributed by atoms with E-state index >= 15 is 0 Å². The average Bonchev–Trinajstić information content (AvgIpc) is 3.07. The largest absolute Gasteiger partial charge is 0.444 e. The normalized spacial score (nSPS) is 17.4. The zero-order valence-electron chi connectivity index (χ0n) is 17.3. The minimum absolute atomic E-state index is 0.0696. The molecule has 3 N–H and O–H groups in total. The van der Waals surface area contributed by atoms with Crippen LogP contribution in [0.2, 0.25) is 0 Å². The van der Waals surface area contributed by atoms with Crippen LogP contribution >= 0.6 is 0 Å². The van der Waals surface area contributed by atoms with Gasteiger partial charge in [0.25, 0.3) is 0 Å². The highest BCUT2D eigenvalue weighted by Gasteiger charge is 2.16. The maximum atomic E-state index is 11.8. The topological polar surface area (TPSA) is 104 Å². The number of nitrogens with zero attached hydrogens (tertiary/aromatic N) is 2. The van der Waals surface area contributed by atoms with E-state index in [-0.39, 0.29) is 18.6 Å². The SMILES string of the molecule is CN(C)C(=O)CN=C(NCCCNC(=O)OC(C)(C)C)NCC1CCCO1. The van der Waals surface area contributed by atoms with E-state index in [2.05, 4.69) is 20.9 Å². The Labute approximate surface area is 162 Å². The molecular formula is C18H35N5O4. The van der Waals surface area contributed by atoms with Crippen LogP contribution in [0.3, 0.4) is 0 Å². The quantitative estimate of drug-likeness (QED) is 0.323. The molecule has 0 bridgehead atoms. The number of likely N-dealkylation sites (N-methyl/N-ethyl adjacent to an activating group) is 1. The Morgan fingerprint density at radius 1 is 1.19 bits per heavy atom. The Balaban J connectivity index is 2.35. The molecule has 9 heteroatoms. The number of aliphatic imine (C=N–C) groups is 1. The maximum absolute atomic E-state index is 11.8. The van der Waals surface area contributed by atoms with E-state index in [0.717, 1.165) is 19.4 Å². The fourth-order valence-electron chi connectivity index (χ4n) is 2.28. The lowest BCUT2D eigenvalue weighted by atomic mass is 10.2. The third kappa shape index (κ3) is 11.3. The van der Waals surface area contributed by atoms with Crippen LogP contribution in [0, 0.1) is 0 Å². The van der Waals surface area contributed by atoms with Gasteiger partial charge in [-0.1, -0.05) is 0 Å². The number of hydrogen-bond acceptors (Lipinski definition) is 5. The van der Waals surface area contributed by atoms with Crippen LogP contribution < -0.4 is 16.0 Å². The number of carbonyl (C=O) groups is 2. The fraction of sp³-hybridized carbons (Fsp3) is 0.833.